The molecule has 2 aromatic carbocycles. The Morgan fingerprint density at radius 3 is 2.03 bits per heavy atom. The number of hydrogen-bond acceptors (Lipinski definition) is 6. The lowest BCUT2D eigenvalue weighted by atomic mass is 9.89. The van der Waals surface area contributed by atoms with Crippen LogP contribution >= 0.6 is 0 Å². The molecule has 9 heteroatoms. The van der Waals surface area contributed by atoms with E-state index in [-0.39, 0.29) is 6.42 Å². The summed E-state index contributed by atoms with van der Waals surface area (Å²) in [6.07, 6.45) is -0.185. The Bertz CT molecular complexity index is 1250. The van der Waals surface area contributed by atoms with Gasteiger partial charge in [-0.05, 0) is 24.6 Å². The Kier molecular flexibility index (Phi) is 4.88. The molecule has 0 aliphatic carbocycles. The fraction of sp³-hybridized carbons (Fsp3) is 0.273. The lowest BCUT2D eigenvalue weighted by Gasteiger charge is -2.23. The second-order valence-corrected chi connectivity index (χ2v) is 7.37. The van der Waals surface area contributed by atoms with Gasteiger partial charge in [0.1, 0.15) is 0 Å². The number of aromatic nitrogens is 3. The first kappa shape index (κ1) is 20.4. The maximum atomic E-state index is 13.5. The van der Waals surface area contributed by atoms with Crippen LogP contribution in [-0.2, 0) is 24.6 Å². The Labute approximate surface area is 177 Å². The minimum absolute atomic E-state index is 0.185. The van der Waals surface area contributed by atoms with Crippen LogP contribution < -0.4 is 11.4 Å². The van der Waals surface area contributed by atoms with Crippen LogP contribution in [0.5, 0.6) is 0 Å². The van der Waals surface area contributed by atoms with Gasteiger partial charge in [0, 0.05) is 6.42 Å². The number of hydrogen-bond donors (Lipinski definition) is 0. The summed E-state index contributed by atoms with van der Waals surface area (Å²) in [5.74, 6) is -1.95. The van der Waals surface area contributed by atoms with Crippen molar-refractivity contribution >= 4 is 11.9 Å². The van der Waals surface area contributed by atoms with Crippen LogP contribution in [0.3, 0.4) is 0 Å². The third-order valence-electron chi connectivity index (χ3n) is 5.64. The smallest absolute Gasteiger partial charge is 0.353 e. The van der Waals surface area contributed by atoms with Crippen LogP contribution in [0.15, 0.2) is 64.2 Å². The van der Waals surface area contributed by atoms with E-state index in [1.54, 1.807) is 42.5 Å². The molecule has 2 heterocycles. The fourth-order valence-electron chi connectivity index (χ4n) is 4.14. The van der Waals surface area contributed by atoms with E-state index < -0.39 is 34.9 Å². The third kappa shape index (κ3) is 2.84. The number of carbonyl (C=O) groups is 2. The Balaban J connectivity index is 2.08. The molecule has 1 aliphatic rings. The number of benzene rings is 2. The van der Waals surface area contributed by atoms with Gasteiger partial charge >= 0.3 is 23.3 Å². The number of fused-ring (bicyclic) bond motifs is 1. The van der Waals surface area contributed by atoms with Gasteiger partial charge < -0.3 is 9.47 Å². The monoisotopic (exact) mass is 423 g/mol. The first-order chi connectivity index (χ1) is 14.9. The first-order valence-corrected chi connectivity index (χ1v) is 9.62. The molecule has 0 spiro atoms. The van der Waals surface area contributed by atoms with Gasteiger partial charge in [0.2, 0.25) is 0 Å². The number of nitrogens with zero attached hydrogens (tertiary/aromatic N) is 3. The van der Waals surface area contributed by atoms with E-state index in [4.69, 9.17) is 9.47 Å². The number of methoxy groups -OCH3 is 2. The number of aryl methyl sites for hydroxylation is 1. The van der Waals surface area contributed by atoms with Crippen LogP contribution in [0.2, 0.25) is 0 Å². The third-order valence-corrected chi connectivity index (χ3v) is 5.64. The van der Waals surface area contributed by atoms with Crippen molar-refractivity contribution in [2.24, 2.45) is 0 Å². The molecule has 3 aromatic rings. The summed E-state index contributed by atoms with van der Waals surface area (Å²) < 4.78 is 12.8. The van der Waals surface area contributed by atoms with E-state index in [9.17, 15) is 19.2 Å². The van der Waals surface area contributed by atoms with Crippen molar-refractivity contribution in [2.75, 3.05) is 14.2 Å². The molecule has 0 saturated carbocycles. The Morgan fingerprint density at radius 2 is 1.48 bits per heavy atom. The maximum absolute atomic E-state index is 13.5. The van der Waals surface area contributed by atoms with Crippen molar-refractivity contribution < 1.29 is 19.1 Å². The molecule has 1 aromatic heterocycles. The zero-order valence-corrected chi connectivity index (χ0v) is 17.3. The molecule has 1 atom stereocenters. The minimum atomic E-state index is -2.13. The minimum Gasteiger partial charge on any atom is -0.467 e. The Hall–Kier alpha value is -3.88. The van der Waals surface area contributed by atoms with Crippen molar-refractivity contribution in [3.05, 3.63) is 86.7 Å². The molecule has 0 radical (unpaired) electrons. The van der Waals surface area contributed by atoms with E-state index in [0.29, 0.717) is 11.3 Å². The van der Waals surface area contributed by atoms with Gasteiger partial charge in [0.05, 0.1) is 25.9 Å². The molecule has 31 heavy (non-hydrogen) atoms. The summed E-state index contributed by atoms with van der Waals surface area (Å²) in [5.41, 5.74) is -1.65. The normalized spacial score (nSPS) is 16.5. The highest BCUT2D eigenvalue weighted by Gasteiger charge is 2.60. The van der Waals surface area contributed by atoms with Crippen LogP contribution in [-0.4, -0.2) is 40.1 Å². The van der Waals surface area contributed by atoms with Crippen LogP contribution in [0.25, 0.3) is 5.69 Å². The summed E-state index contributed by atoms with van der Waals surface area (Å²) in [7, 11) is 2.24. The molecule has 9 nitrogen and oxygen atoms in total. The highest BCUT2D eigenvalue weighted by molar-refractivity contribution is 6.02. The number of carbonyl (C=O) groups excluding carboxylic acids is 2. The number of ether oxygens (including phenoxy) is 2. The molecule has 1 aliphatic heterocycles. The SMILES string of the molecule is COC(=O)C1(C(=O)OC)C[C@H](c2ccc(C)cc2)n2c(=O)n(-c3ccccc3)c(=O)n21. The number of para-hydroxylation sites is 1. The molecule has 0 bridgehead atoms. The second kappa shape index (κ2) is 7.42. The quantitative estimate of drug-likeness (QED) is 0.461. The molecular formula is C22H21N3O6. The zero-order valence-electron chi connectivity index (χ0n) is 17.3. The van der Waals surface area contributed by atoms with Crippen molar-refractivity contribution in [1.82, 2.24) is 13.9 Å². The summed E-state index contributed by atoms with van der Waals surface area (Å²) in [6, 6.07) is 14.8. The van der Waals surface area contributed by atoms with Gasteiger partial charge in [-0.25, -0.2) is 33.1 Å². The van der Waals surface area contributed by atoms with E-state index in [1.165, 1.54) is 0 Å². The predicted octanol–water partition coefficient (Wildman–Crippen LogP) is 1.14. The van der Waals surface area contributed by atoms with Crippen LogP contribution in [0.4, 0.5) is 0 Å². The summed E-state index contributed by atoms with van der Waals surface area (Å²) in [4.78, 5) is 52.8. The van der Waals surface area contributed by atoms with E-state index in [0.717, 1.165) is 33.7 Å². The average molecular weight is 423 g/mol. The first-order valence-electron chi connectivity index (χ1n) is 9.62. The van der Waals surface area contributed by atoms with Gasteiger partial charge in [-0.2, -0.15) is 0 Å². The maximum Gasteiger partial charge on any atom is 0.353 e. The van der Waals surface area contributed by atoms with E-state index >= 15 is 0 Å². The lowest BCUT2D eigenvalue weighted by molar-refractivity contribution is -0.167. The topological polar surface area (TPSA) is 102 Å². The standard InChI is InChI=1S/C22H21N3O6/c1-14-9-11-15(12-10-14)17-13-22(18(26)30-2,19(27)31-3)25-21(29)23(20(28)24(17)25)16-7-5-4-6-8-16/h4-12,17H,13H2,1-3H3/t17-/m1/s1. The van der Waals surface area contributed by atoms with E-state index in [2.05, 4.69) is 0 Å². The number of esters is 2. The highest BCUT2D eigenvalue weighted by atomic mass is 16.5. The average Bonchev–Trinajstić information content (AvgIpc) is 3.28. The summed E-state index contributed by atoms with van der Waals surface area (Å²) in [6.45, 7) is 1.92. The van der Waals surface area contributed by atoms with Gasteiger partial charge in [0.15, 0.2) is 0 Å². The molecule has 0 amide bonds. The van der Waals surface area contributed by atoms with Gasteiger partial charge in [-0.15, -0.1) is 0 Å². The Morgan fingerprint density at radius 1 is 0.903 bits per heavy atom. The summed E-state index contributed by atoms with van der Waals surface area (Å²) in [5, 5.41) is 0. The van der Waals surface area contributed by atoms with Crippen molar-refractivity contribution in [3.63, 3.8) is 0 Å². The van der Waals surface area contributed by atoms with Crippen LogP contribution in [0, 0.1) is 6.92 Å². The molecule has 0 saturated heterocycles. The highest BCUT2D eigenvalue weighted by Crippen LogP contribution is 2.39. The molecule has 0 N–H and O–H groups in total. The molecule has 4 rings (SSSR count). The zero-order chi connectivity index (χ0) is 22.3. The summed E-state index contributed by atoms with van der Waals surface area (Å²) >= 11 is 0. The van der Waals surface area contributed by atoms with Crippen LogP contribution in [0.1, 0.15) is 23.6 Å². The van der Waals surface area contributed by atoms with Gasteiger partial charge in [-0.3, -0.25) is 0 Å². The van der Waals surface area contributed by atoms with Gasteiger partial charge in [0.25, 0.3) is 5.54 Å². The lowest BCUT2D eigenvalue weighted by Crippen LogP contribution is -2.53. The fourth-order valence-corrected chi connectivity index (χ4v) is 4.14. The molecule has 160 valence electrons. The van der Waals surface area contributed by atoms with E-state index in [1.807, 2.05) is 19.1 Å². The van der Waals surface area contributed by atoms with Crippen molar-refractivity contribution in [2.45, 2.75) is 24.9 Å². The molecule has 0 unspecified atom stereocenters. The molecule has 0 fully saturated rings. The molecular weight excluding hydrogens is 402 g/mol. The second-order valence-electron chi connectivity index (χ2n) is 7.37. The van der Waals surface area contributed by atoms with Gasteiger partial charge in [-0.1, -0.05) is 48.0 Å². The predicted molar refractivity (Wildman–Crippen MR) is 110 cm³/mol. The van der Waals surface area contributed by atoms with Crippen molar-refractivity contribution in [1.29, 1.82) is 0 Å². The largest absolute Gasteiger partial charge is 0.467 e. The number of rotatable bonds is 4. The van der Waals surface area contributed by atoms with Crippen molar-refractivity contribution in [3.8, 4) is 5.69 Å².